The van der Waals surface area contributed by atoms with E-state index in [9.17, 15) is 13.2 Å². The molecule has 2 rings (SSSR count). The van der Waals surface area contributed by atoms with Gasteiger partial charge >= 0.3 is 0 Å². The quantitative estimate of drug-likeness (QED) is 0.791. The van der Waals surface area contributed by atoms with Gasteiger partial charge in [0, 0.05) is 0 Å². The van der Waals surface area contributed by atoms with Crippen LogP contribution in [0.25, 0.3) is 0 Å². The van der Waals surface area contributed by atoms with Gasteiger partial charge in [-0.1, -0.05) is 38.1 Å². The molecule has 0 aliphatic heterocycles. The predicted molar refractivity (Wildman–Crippen MR) is 95.8 cm³/mol. The molecular weight excluding hydrogens is 340 g/mol. The largest absolute Gasteiger partial charge is 0.438 e. The smallest absolute Gasteiger partial charge is 0.287 e. The van der Waals surface area contributed by atoms with Crippen molar-refractivity contribution in [2.75, 3.05) is 7.05 Å². The molecule has 0 aliphatic rings. The molecule has 2 N–H and O–H groups in total. The zero-order valence-corrected chi connectivity index (χ0v) is 15.7. The van der Waals surface area contributed by atoms with Gasteiger partial charge in [-0.2, -0.15) is 0 Å². The Hall–Kier alpha value is -2.12. The number of nitrogens with one attached hydrogen (secondary N) is 2. The molecule has 1 atom stereocenters. The first-order valence-corrected chi connectivity index (χ1v) is 9.64. The molecule has 0 aliphatic carbocycles. The maximum Gasteiger partial charge on any atom is 0.287 e. The van der Waals surface area contributed by atoms with Gasteiger partial charge in [0.25, 0.3) is 15.9 Å². The second-order valence-corrected chi connectivity index (χ2v) is 8.18. The number of benzene rings is 1. The summed E-state index contributed by atoms with van der Waals surface area (Å²) < 4.78 is 30.6. The van der Waals surface area contributed by atoms with Gasteiger partial charge in [0.15, 0.2) is 5.76 Å². The third-order valence-corrected chi connectivity index (χ3v) is 5.10. The SMILES string of the molecule is CNS(=O)(=O)c1ccc(C(=O)NC(C)c2ccc(CC(C)C)cc2)o1. The lowest BCUT2D eigenvalue weighted by atomic mass is 10.00. The van der Waals surface area contributed by atoms with Crippen molar-refractivity contribution < 1.29 is 17.6 Å². The summed E-state index contributed by atoms with van der Waals surface area (Å²) >= 11 is 0. The van der Waals surface area contributed by atoms with Gasteiger partial charge in [0.1, 0.15) is 0 Å². The Bertz CT molecular complexity index is 823. The van der Waals surface area contributed by atoms with Gasteiger partial charge in [-0.25, -0.2) is 13.1 Å². The van der Waals surface area contributed by atoms with Crippen molar-refractivity contribution in [3.8, 4) is 0 Å². The van der Waals surface area contributed by atoms with E-state index in [1.54, 1.807) is 0 Å². The van der Waals surface area contributed by atoms with E-state index in [1.165, 1.54) is 24.7 Å². The van der Waals surface area contributed by atoms with E-state index in [0.29, 0.717) is 5.92 Å². The van der Waals surface area contributed by atoms with Crippen molar-refractivity contribution in [1.82, 2.24) is 10.0 Å². The van der Waals surface area contributed by atoms with Crippen LogP contribution < -0.4 is 10.0 Å². The molecule has 1 heterocycles. The van der Waals surface area contributed by atoms with Crippen LogP contribution in [0.15, 0.2) is 45.9 Å². The molecule has 0 bridgehead atoms. The molecule has 0 radical (unpaired) electrons. The van der Waals surface area contributed by atoms with Crippen LogP contribution in [0.2, 0.25) is 0 Å². The van der Waals surface area contributed by atoms with Crippen molar-refractivity contribution in [1.29, 1.82) is 0 Å². The third kappa shape index (κ3) is 4.93. The Labute approximate surface area is 148 Å². The van der Waals surface area contributed by atoms with E-state index in [-0.39, 0.29) is 16.9 Å². The molecule has 7 heteroatoms. The Morgan fingerprint density at radius 1 is 1.08 bits per heavy atom. The van der Waals surface area contributed by atoms with Crippen LogP contribution in [0.1, 0.15) is 48.5 Å². The molecule has 2 aromatic rings. The standard InChI is InChI=1S/C18H24N2O4S/c1-12(2)11-14-5-7-15(8-6-14)13(3)20-18(21)16-9-10-17(24-16)25(22,23)19-4/h5-10,12-13,19H,11H2,1-4H3,(H,20,21). The number of hydrogen-bond acceptors (Lipinski definition) is 4. The lowest BCUT2D eigenvalue weighted by Gasteiger charge is -2.14. The number of carbonyl (C=O) groups excluding carboxylic acids is 1. The van der Waals surface area contributed by atoms with E-state index in [2.05, 4.69) is 36.0 Å². The highest BCUT2D eigenvalue weighted by Gasteiger charge is 2.20. The fourth-order valence-corrected chi connectivity index (χ4v) is 3.10. The Balaban J connectivity index is 2.05. The Morgan fingerprint density at radius 2 is 1.72 bits per heavy atom. The first kappa shape index (κ1) is 19.2. The number of sulfonamides is 1. The highest BCUT2D eigenvalue weighted by molar-refractivity contribution is 7.89. The molecule has 0 saturated carbocycles. The van der Waals surface area contributed by atoms with Gasteiger partial charge in [-0.3, -0.25) is 4.79 Å². The van der Waals surface area contributed by atoms with Crippen LogP contribution in [0.3, 0.4) is 0 Å². The van der Waals surface area contributed by atoms with Crippen LogP contribution in [0.5, 0.6) is 0 Å². The van der Waals surface area contributed by atoms with Crippen LogP contribution in [-0.4, -0.2) is 21.4 Å². The molecule has 6 nitrogen and oxygen atoms in total. The van der Waals surface area contributed by atoms with Crippen LogP contribution in [0, 0.1) is 5.92 Å². The minimum atomic E-state index is -3.70. The van der Waals surface area contributed by atoms with Gasteiger partial charge in [-0.05, 0) is 49.6 Å². The number of furan rings is 1. The van der Waals surface area contributed by atoms with Crippen LogP contribution >= 0.6 is 0 Å². The lowest BCUT2D eigenvalue weighted by molar-refractivity contribution is 0.0906. The minimum absolute atomic E-state index is 0.0443. The molecule has 25 heavy (non-hydrogen) atoms. The summed E-state index contributed by atoms with van der Waals surface area (Å²) in [6.45, 7) is 6.20. The van der Waals surface area contributed by atoms with Crippen LogP contribution in [-0.2, 0) is 16.4 Å². The summed E-state index contributed by atoms with van der Waals surface area (Å²) in [7, 11) is -2.42. The first-order valence-electron chi connectivity index (χ1n) is 8.16. The minimum Gasteiger partial charge on any atom is -0.438 e. The molecule has 1 aromatic heterocycles. The van der Waals surface area contributed by atoms with Gasteiger partial charge in [0.05, 0.1) is 6.04 Å². The second-order valence-electron chi connectivity index (χ2n) is 6.36. The number of amides is 1. The second kappa shape index (κ2) is 7.84. The van der Waals surface area contributed by atoms with Crippen LogP contribution in [0.4, 0.5) is 0 Å². The average molecular weight is 364 g/mol. The number of rotatable bonds is 7. The first-order chi connectivity index (χ1) is 11.7. The fraction of sp³-hybridized carbons (Fsp3) is 0.389. The molecule has 1 aromatic carbocycles. The highest BCUT2D eigenvalue weighted by atomic mass is 32.2. The fourth-order valence-electron chi connectivity index (χ4n) is 2.45. The van der Waals surface area contributed by atoms with Gasteiger partial charge in [0.2, 0.25) is 5.09 Å². The highest BCUT2D eigenvalue weighted by Crippen LogP contribution is 2.18. The lowest BCUT2D eigenvalue weighted by Crippen LogP contribution is -2.26. The number of carbonyl (C=O) groups is 1. The van der Waals surface area contributed by atoms with Crippen molar-refractivity contribution in [2.24, 2.45) is 5.92 Å². The maximum absolute atomic E-state index is 12.2. The maximum atomic E-state index is 12.2. The monoisotopic (exact) mass is 364 g/mol. The molecule has 136 valence electrons. The van der Waals surface area contributed by atoms with Crippen molar-refractivity contribution in [3.63, 3.8) is 0 Å². The summed E-state index contributed by atoms with van der Waals surface area (Å²) in [5, 5.41) is 2.52. The summed E-state index contributed by atoms with van der Waals surface area (Å²) in [6, 6.07) is 10.5. The third-order valence-electron chi connectivity index (χ3n) is 3.81. The molecular formula is C18H24N2O4S. The average Bonchev–Trinajstić information content (AvgIpc) is 3.06. The normalized spacial score (nSPS) is 13.0. The van der Waals surface area contributed by atoms with Crippen molar-refractivity contribution >= 4 is 15.9 Å². The van der Waals surface area contributed by atoms with E-state index in [0.717, 1.165) is 12.0 Å². The van der Waals surface area contributed by atoms with Crippen molar-refractivity contribution in [2.45, 2.75) is 38.3 Å². The topological polar surface area (TPSA) is 88.4 Å². The molecule has 0 fully saturated rings. The molecule has 0 spiro atoms. The summed E-state index contributed by atoms with van der Waals surface area (Å²) in [5.41, 5.74) is 2.22. The molecule has 1 amide bonds. The van der Waals surface area contributed by atoms with E-state index in [4.69, 9.17) is 4.42 Å². The summed E-state index contributed by atoms with van der Waals surface area (Å²) in [5.74, 6) is 0.0819. The van der Waals surface area contributed by atoms with E-state index in [1.807, 2.05) is 19.1 Å². The molecule has 1 unspecified atom stereocenters. The Kier molecular flexibility index (Phi) is 6.02. The van der Waals surface area contributed by atoms with E-state index >= 15 is 0 Å². The van der Waals surface area contributed by atoms with E-state index < -0.39 is 15.9 Å². The van der Waals surface area contributed by atoms with Gasteiger partial charge < -0.3 is 9.73 Å². The number of hydrogen-bond donors (Lipinski definition) is 2. The summed E-state index contributed by atoms with van der Waals surface area (Å²) in [6.07, 6.45) is 1.01. The molecule has 0 saturated heterocycles. The summed E-state index contributed by atoms with van der Waals surface area (Å²) in [4.78, 5) is 12.2. The predicted octanol–water partition coefficient (Wildman–Crippen LogP) is 2.88. The van der Waals surface area contributed by atoms with Gasteiger partial charge in [-0.15, -0.1) is 0 Å². The zero-order valence-electron chi connectivity index (χ0n) is 14.9. The van der Waals surface area contributed by atoms with Crippen molar-refractivity contribution in [3.05, 3.63) is 53.3 Å². The Morgan fingerprint density at radius 3 is 2.28 bits per heavy atom. The zero-order chi connectivity index (χ0) is 18.6.